The second-order valence-electron chi connectivity index (χ2n) is 5.63. The SMILES string of the molecule is COc1ccc(C(C)N2CCC[C@H](C(=O)O)[C@@H]2C)c(Br)c1. The number of carbonyl (C=O) groups is 1. The molecule has 1 aliphatic rings. The molecule has 1 aliphatic heterocycles. The number of methoxy groups -OCH3 is 1. The maximum atomic E-state index is 11.4. The smallest absolute Gasteiger partial charge is 0.308 e. The normalized spacial score (nSPS) is 24.6. The third kappa shape index (κ3) is 3.40. The Bertz CT molecular complexity index is 520. The van der Waals surface area contributed by atoms with Gasteiger partial charge in [-0.2, -0.15) is 0 Å². The Morgan fingerprint density at radius 2 is 2.24 bits per heavy atom. The van der Waals surface area contributed by atoms with Crippen LogP contribution in [0.4, 0.5) is 0 Å². The van der Waals surface area contributed by atoms with Crippen molar-refractivity contribution in [2.75, 3.05) is 13.7 Å². The van der Waals surface area contributed by atoms with Crippen LogP contribution in [0.1, 0.15) is 38.3 Å². The minimum absolute atomic E-state index is 0.0419. The van der Waals surface area contributed by atoms with Gasteiger partial charge in [-0.25, -0.2) is 0 Å². The Morgan fingerprint density at radius 3 is 2.81 bits per heavy atom. The predicted molar refractivity (Wildman–Crippen MR) is 85.6 cm³/mol. The molecule has 0 spiro atoms. The van der Waals surface area contributed by atoms with Crippen LogP contribution in [0.25, 0.3) is 0 Å². The number of aliphatic carboxylic acids is 1. The third-order valence-corrected chi connectivity index (χ3v) is 5.20. The Balaban J connectivity index is 2.22. The molecule has 1 heterocycles. The fourth-order valence-electron chi connectivity index (χ4n) is 3.20. The van der Waals surface area contributed by atoms with Crippen LogP contribution in [0, 0.1) is 5.92 Å². The lowest BCUT2D eigenvalue weighted by Gasteiger charge is -2.41. The predicted octanol–water partition coefficient (Wildman–Crippen LogP) is 3.70. The van der Waals surface area contributed by atoms with Crippen LogP contribution in [0.5, 0.6) is 5.75 Å². The summed E-state index contributed by atoms with van der Waals surface area (Å²) < 4.78 is 6.22. The summed E-state index contributed by atoms with van der Waals surface area (Å²) in [6.45, 7) is 5.09. The molecule has 1 saturated heterocycles. The van der Waals surface area contributed by atoms with Gasteiger partial charge in [-0.1, -0.05) is 22.0 Å². The van der Waals surface area contributed by atoms with Crippen molar-refractivity contribution in [1.29, 1.82) is 0 Å². The van der Waals surface area contributed by atoms with Gasteiger partial charge in [-0.3, -0.25) is 9.69 Å². The molecular formula is C16H22BrNO3. The molecule has 0 radical (unpaired) electrons. The minimum Gasteiger partial charge on any atom is -0.497 e. The first-order chi connectivity index (χ1) is 9.95. The van der Waals surface area contributed by atoms with E-state index >= 15 is 0 Å². The highest BCUT2D eigenvalue weighted by molar-refractivity contribution is 9.10. The molecule has 1 fully saturated rings. The molecule has 1 N–H and O–H groups in total. The molecule has 0 saturated carbocycles. The number of nitrogens with zero attached hydrogens (tertiary/aromatic N) is 1. The maximum absolute atomic E-state index is 11.4. The lowest BCUT2D eigenvalue weighted by atomic mass is 9.88. The summed E-state index contributed by atoms with van der Waals surface area (Å²) in [6.07, 6.45) is 1.70. The molecule has 0 bridgehead atoms. The van der Waals surface area contributed by atoms with E-state index in [0.717, 1.165) is 35.2 Å². The van der Waals surface area contributed by atoms with Crippen molar-refractivity contribution in [1.82, 2.24) is 4.90 Å². The topological polar surface area (TPSA) is 49.8 Å². The Kier molecular flexibility index (Phi) is 5.27. The number of hydrogen-bond donors (Lipinski definition) is 1. The van der Waals surface area contributed by atoms with Crippen LogP contribution in [-0.4, -0.2) is 35.7 Å². The van der Waals surface area contributed by atoms with E-state index in [0.29, 0.717) is 0 Å². The summed E-state index contributed by atoms with van der Waals surface area (Å²) in [5, 5.41) is 9.35. The highest BCUT2D eigenvalue weighted by Gasteiger charge is 2.35. The van der Waals surface area contributed by atoms with E-state index in [9.17, 15) is 9.90 Å². The fraction of sp³-hybridized carbons (Fsp3) is 0.562. The second kappa shape index (κ2) is 6.79. The van der Waals surface area contributed by atoms with Crippen LogP contribution in [0.3, 0.4) is 0 Å². The van der Waals surface area contributed by atoms with Gasteiger partial charge < -0.3 is 9.84 Å². The van der Waals surface area contributed by atoms with Crippen LogP contribution in [0.2, 0.25) is 0 Å². The van der Waals surface area contributed by atoms with E-state index in [-0.39, 0.29) is 18.0 Å². The van der Waals surface area contributed by atoms with E-state index in [4.69, 9.17) is 4.74 Å². The Hall–Kier alpha value is -1.07. The zero-order valence-electron chi connectivity index (χ0n) is 12.7. The summed E-state index contributed by atoms with van der Waals surface area (Å²) in [6, 6.07) is 6.15. The lowest BCUT2D eigenvalue weighted by Crippen LogP contribution is -2.47. The van der Waals surface area contributed by atoms with Crippen LogP contribution < -0.4 is 4.74 Å². The first kappa shape index (κ1) is 16.3. The molecule has 21 heavy (non-hydrogen) atoms. The first-order valence-corrected chi connectivity index (χ1v) is 8.07. The third-order valence-electron chi connectivity index (χ3n) is 4.51. The summed E-state index contributed by atoms with van der Waals surface area (Å²) in [5.41, 5.74) is 1.16. The molecule has 0 amide bonds. The molecule has 1 unspecified atom stereocenters. The summed E-state index contributed by atoms with van der Waals surface area (Å²) in [4.78, 5) is 13.7. The number of hydrogen-bond acceptors (Lipinski definition) is 3. The van der Waals surface area contributed by atoms with Crippen molar-refractivity contribution in [2.24, 2.45) is 5.92 Å². The maximum Gasteiger partial charge on any atom is 0.308 e. The molecular weight excluding hydrogens is 334 g/mol. The van der Waals surface area contributed by atoms with Gasteiger partial charge in [0.2, 0.25) is 0 Å². The molecule has 1 aromatic carbocycles. The van der Waals surface area contributed by atoms with E-state index in [1.54, 1.807) is 7.11 Å². The molecule has 3 atom stereocenters. The average Bonchev–Trinajstić information content (AvgIpc) is 2.46. The standard InChI is InChI=1S/C16H22BrNO3/c1-10(13-7-6-12(21-3)9-15(13)17)18-8-4-5-14(11(18)2)16(19)20/h6-7,9-11,14H,4-5,8H2,1-3H3,(H,19,20)/t10?,11-,14-/m0/s1. The molecule has 1 aromatic rings. The zero-order valence-corrected chi connectivity index (χ0v) is 14.3. The van der Waals surface area contributed by atoms with Gasteiger partial charge in [0.25, 0.3) is 0 Å². The quantitative estimate of drug-likeness (QED) is 0.894. The monoisotopic (exact) mass is 355 g/mol. The molecule has 0 aromatic heterocycles. The number of carboxylic acids is 1. The number of halogens is 1. The van der Waals surface area contributed by atoms with Gasteiger partial charge in [0, 0.05) is 16.6 Å². The number of piperidine rings is 1. The first-order valence-electron chi connectivity index (χ1n) is 7.27. The summed E-state index contributed by atoms with van der Waals surface area (Å²) >= 11 is 3.60. The average molecular weight is 356 g/mol. The van der Waals surface area contributed by atoms with Crippen molar-refractivity contribution in [3.63, 3.8) is 0 Å². The number of rotatable bonds is 4. The highest BCUT2D eigenvalue weighted by Crippen LogP contribution is 2.35. The number of carboxylic acid groups (broad SMARTS) is 1. The number of benzene rings is 1. The summed E-state index contributed by atoms with van der Waals surface area (Å²) in [5.74, 6) is -0.153. The number of ether oxygens (including phenoxy) is 1. The van der Waals surface area contributed by atoms with Crippen LogP contribution >= 0.6 is 15.9 Å². The van der Waals surface area contributed by atoms with Crippen molar-refractivity contribution >= 4 is 21.9 Å². The fourth-order valence-corrected chi connectivity index (χ4v) is 3.89. The molecule has 2 rings (SSSR count). The van der Waals surface area contributed by atoms with Gasteiger partial charge in [-0.05, 0) is 50.9 Å². The zero-order chi connectivity index (χ0) is 15.6. The summed E-state index contributed by atoms with van der Waals surface area (Å²) in [7, 11) is 1.65. The van der Waals surface area contributed by atoms with Crippen LogP contribution in [0.15, 0.2) is 22.7 Å². The molecule has 5 heteroatoms. The van der Waals surface area contributed by atoms with E-state index < -0.39 is 5.97 Å². The van der Waals surface area contributed by atoms with Gasteiger partial charge in [0.1, 0.15) is 5.75 Å². The van der Waals surface area contributed by atoms with Crippen LogP contribution in [-0.2, 0) is 4.79 Å². The largest absolute Gasteiger partial charge is 0.497 e. The van der Waals surface area contributed by atoms with Gasteiger partial charge in [0.05, 0.1) is 13.0 Å². The van der Waals surface area contributed by atoms with E-state index in [2.05, 4.69) is 27.8 Å². The molecule has 0 aliphatic carbocycles. The van der Waals surface area contributed by atoms with Gasteiger partial charge in [-0.15, -0.1) is 0 Å². The van der Waals surface area contributed by atoms with Crippen molar-refractivity contribution in [3.8, 4) is 5.75 Å². The Morgan fingerprint density at radius 1 is 1.52 bits per heavy atom. The highest BCUT2D eigenvalue weighted by atomic mass is 79.9. The molecule has 116 valence electrons. The lowest BCUT2D eigenvalue weighted by molar-refractivity contribution is -0.146. The molecule has 4 nitrogen and oxygen atoms in total. The Labute approximate surface area is 134 Å². The van der Waals surface area contributed by atoms with Gasteiger partial charge >= 0.3 is 5.97 Å². The van der Waals surface area contributed by atoms with Crippen molar-refractivity contribution < 1.29 is 14.6 Å². The second-order valence-corrected chi connectivity index (χ2v) is 6.48. The van der Waals surface area contributed by atoms with E-state index in [1.807, 2.05) is 25.1 Å². The number of likely N-dealkylation sites (tertiary alicyclic amines) is 1. The minimum atomic E-state index is -0.687. The van der Waals surface area contributed by atoms with Gasteiger partial charge in [0.15, 0.2) is 0 Å². The van der Waals surface area contributed by atoms with Crippen molar-refractivity contribution in [2.45, 2.75) is 38.8 Å². The van der Waals surface area contributed by atoms with Crippen molar-refractivity contribution in [3.05, 3.63) is 28.2 Å². The van der Waals surface area contributed by atoms with E-state index in [1.165, 1.54) is 0 Å².